The Morgan fingerprint density at radius 2 is 1.83 bits per heavy atom. The number of aromatic amines is 1. The maximum absolute atomic E-state index is 13.6. The molecule has 11 nitrogen and oxygen atoms in total. The van der Waals surface area contributed by atoms with Crippen molar-refractivity contribution in [2.45, 2.75) is 26.2 Å². The van der Waals surface area contributed by atoms with Crippen LogP contribution in [0.2, 0.25) is 0 Å². The van der Waals surface area contributed by atoms with Gasteiger partial charge in [-0.25, -0.2) is 23.2 Å². The third-order valence-electron chi connectivity index (χ3n) is 5.19. The highest BCUT2D eigenvalue weighted by atomic mass is 32.2. The summed E-state index contributed by atoms with van der Waals surface area (Å²) in [6.45, 7) is 1.78. The van der Waals surface area contributed by atoms with Crippen LogP contribution in [-0.2, 0) is 30.2 Å². The van der Waals surface area contributed by atoms with Crippen LogP contribution in [0, 0.1) is 6.92 Å². The topological polar surface area (TPSA) is 150 Å². The number of hydrogen-bond acceptors (Lipinski definition) is 9. The van der Waals surface area contributed by atoms with Crippen molar-refractivity contribution < 1.29 is 21.6 Å². The standard InChI is InChI=1S/C21H20F3N9O2S/c1-12-3-2-4-14(9-27-36(34)35)16(12)10-25-19-17(21(22,23)24)11-26-20(29-19)28-15-7-5-13(6-8-15)18-30-32-33-31-18/h2-8,11,36H,9-10H2,1H3,(H,27,34,35)(H2,25,26,28,29)(H,30,31,32,33). The Bertz CT molecular complexity index is 1400. The van der Waals surface area contributed by atoms with Gasteiger partial charge in [0.2, 0.25) is 16.8 Å². The molecule has 188 valence electrons. The number of aromatic nitrogens is 6. The first-order valence-corrected chi connectivity index (χ1v) is 11.6. The van der Waals surface area contributed by atoms with Crippen molar-refractivity contribution in [2.24, 2.45) is 0 Å². The van der Waals surface area contributed by atoms with E-state index in [-0.39, 0.29) is 19.0 Å². The smallest absolute Gasteiger partial charge is 0.365 e. The third-order valence-corrected chi connectivity index (χ3v) is 5.61. The molecular formula is C21H20F3N9O2S. The summed E-state index contributed by atoms with van der Waals surface area (Å²) in [5, 5.41) is 19.1. The van der Waals surface area contributed by atoms with Crippen LogP contribution in [0.4, 0.5) is 30.6 Å². The largest absolute Gasteiger partial charge is 0.421 e. The van der Waals surface area contributed by atoms with Crippen molar-refractivity contribution in [1.29, 1.82) is 0 Å². The van der Waals surface area contributed by atoms with E-state index >= 15 is 0 Å². The van der Waals surface area contributed by atoms with E-state index in [1.54, 1.807) is 49.4 Å². The predicted octanol–water partition coefficient (Wildman–Crippen LogP) is 2.96. The van der Waals surface area contributed by atoms with Crippen LogP contribution in [0.5, 0.6) is 0 Å². The van der Waals surface area contributed by atoms with Gasteiger partial charge in [0.1, 0.15) is 11.4 Å². The molecular weight excluding hydrogens is 499 g/mol. The number of aryl methyl sites for hydroxylation is 1. The van der Waals surface area contributed by atoms with E-state index in [0.29, 0.717) is 34.4 Å². The highest BCUT2D eigenvalue weighted by molar-refractivity contribution is 7.70. The summed E-state index contributed by atoms with van der Waals surface area (Å²) in [4.78, 5) is 7.87. The zero-order valence-electron chi connectivity index (χ0n) is 18.7. The Hall–Kier alpha value is -4.11. The summed E-state index contributed by atoms with van der Waals surface area (Å²) in [5.74, 6) is 0.00253. The molecule has 4 rings (SSSR count). The Balaban J connectivity index is 1.57. The molecule has 0 fully saturated rings. The van der Waals surface area contributed by atoms with Crippen LogP contribution in [0.15, 0.2) is 48.7 Å². The van der Waals surface area contributed by atoms with Gasteiger partial charge in [-0.05, 0) is 58.3 Å². The van der Waals surface area contributed by atoms with Gasteiger partial charge in [-0.1, -0.05) is 18.2 Å². The maximum Gasteiger partial charge on any atom is 0.421 e. The monoisotopic (exact) mass is 519 g/mol. The molecule has 0 amide bonds. The molecule has 0 spiro atoms. The average Bonchev–Trinajstić information content (AvgIpc) is 3.37. The van der Waals surface area contributed by atoms with Gasteiger partial charge in [0, 0.05) is 30.5 Å². The number of rotatable bonds is 9. The van der Waals surface area contributed by atoms with Crippen molar-refractivity contribution in [2.75, 3.05) is 10.6 Å². The van der Waals surface area contributed by atoms with E-state index in [0.717, 1.165) is 5.56 Å². The molecule has 0 aliphatic heterocycles. The fraction of sp³-hybridized carbons (Fsp3) is 0.190. The third kappa shape index (κ3) is 6.11. The first kappa shape index (κ1) is 25.0. The van der Waals surface area contributed by atoms with E-state index in [1.165, 1.54) is 0 Å². The van der Waals surface area contributed by atoms with Crippen molar-refractivity contribution in [3.8, 4) is 11.4 Å². The molecule has 0 bridgehead atoms. The summed E-state index contributed by atoms with van der Waals surface area (Å²) in [7, 11) is -2.82. The Labute approximate surface area is 204 Å². The van der Waals surface area contributed by atoms with Crippen molar-refractivity contribution in [1.82, 2.24) is 35.3 Å². The van der Waals surface area contributed by atoms with Crippen LogP contribution in [0.3, 0.4) is 0 Å². The minimum atomic E-state index is -4.69. The van der Waals surface area contributed by atoms with Crippen LogP contribution >= 0.6 is 0 Å². The number of benzene rings is 2. The zero-order chi connectivity index (χ0) is 25.7. The molecule has 2 heterocycles. The van der Waals surface area contributed by atoms with Gasteiger partial charge < -0.3 is 10.6 Å². The lowest BCUT2D eigenvalue weighted by Gasteiger charge is -2.17. The Kier molecular flexibility index (Phi) is 7.40. The number of thiol groups is 1. The minimum absolute atomic E-state index is 0.0141. The number of H-pyrrole nitrogens is 1. The molecule has 2 aromatic carbocycles. The van der Waals surface area contributed by atoms with Gasteiger partial charge >= 0.3 is 6.18 Å². The Morgan fingerprint density at radius 3 is 2.50 bits per heavy atom. The van der Waals surface area contributed by atoms with Crippen LogP contribution in [0.25, 0.3) is 11.4 Å². The molecule has 2 aromatic heterocycles. The summed E-state index contributed by atoms with van der Waals surface area (Å²) in [5.41, 5.74) is 2.29. The molecule has 0 atom stereocenters. The van der Waals surface area contributed by atoms with Gasteiger partial charge in [-0.3, -0.25) is 0 Å². The van der Waals surface area contributed by atoms with Gasteiger partial charge in [0.05, 0.1) is 0 Å². The van der Waals surface area contributed by atoms with Gasteiger partial charge in [0.25, 0.3) is 0 Å². The quantitative estimate of drug-likeness (QED) is 0.210. The second-order valence-corrected chi connectivity index (χ2v) is 8.39. The second kappa shape index (κ2) is 10.7. The minimum Gasteiger partial charge on any atom is -0.365 e. The molecule has 15 heteroatoms. The number of anilines is 3. The summed E-state index contributed by atoms with van der Waals surface area (Å²) < 4.78 is 65.1. The highest BCUT2D eigenvalue weighted by Crippen LogP contribution is 2.34. The predicted molar refractivity (Wildman–Crippen MR) is 126 cm³/mol. The number of tetrazole rings is 1. The van der Waals surface area contributed by atoms with E-state index in [2.05, 4.69) is 45.9 Å². The zero-order valence-corrected chi connectivity index (χ0v) is 19.6. The van der Waals surface area contributed by atoms with Gasteiger partial charge in [-0.2, -0.15) is 18.2 Å². The number of nitrogens with one attached hydrogen (secondary N) is 4. The van der Waals surface area contributed by atoms with E-state index < -0.39 is 28.4 Å². The lowest BCUT2D eigenvalue weighted by Crippen LogP contribution is -2.17. The molecule has 0 radical (unpaired) electrons. The highest BCUT2D eigenvalue weighted by Gasteiger charge is 2.35. The molecule has 0 aliphatic rings. The normalized spacial score (nSPS) is 11.6. The summed E-state index contributed by atoms with van der Waals surface area (Å²) in [6.07, 6.45) is -3.99. The van der Waals surface area contributed by atoms with Crippen LogP contribution < -0.4 is 15.4 Å². The Morgan fingerprint density at radius 1 is 1.06 bits per heavy atom. The lowest BCUT2D eigenvalue weighted by molar-refractivity contribution is -0.137. The number of halogens is 3. The molecule has 0 aliphatic carbocycles. The number of hydrogen-bond donors (Lipinski definition) is 5. The van der Waals surface area contributed by atoms with E-state index in [9.17, 15) is 21.6 Å². The number of alkyl halides is 3. The SMILES string of the molecule is Cc1cccc(CN[SH](=O)=O)c1CNc1nc(Nc2ccc(-c3nnn[nH]3)cc2)ncc1C(F)(F)F. The van der Waals surface area contributed by atoms with Crippen molar-refractivity contribution in [3.63, 3.8) is 0 Å². The molecule has 4 N–H and O–H groups in total. The molecule has 36 heavy (non-hydrogen) atoms. The van der Waals surface area contributed by atoms with E-state index in [4.69, 9.17) is 0 Å². The van der Waals surface area contributed by atoms with Crippen molar-refractivity contribution in [3.05, 3.63) is 70.9 Å². The average molecular weight is 520 g/mol. The first-order chi connectivity index (χ1) is 17.2. The summed E-state index contributed by atoms with van der Waals surface area (Å²) >= 11 is 0. The lowest BCUT2D eigenvalue weighted by atomic mass is 10.0. The van der Waals surface area contributed by atoms with Gasteiger partial charge in [0.15, 0.2) is 5.82 Å². The molecule has 0 saturated carbocycles. The fourth-order valence-electron chi connectivity index (χ4n) is 3.41. The van der Waals surface area contributed by atoms with Crippen LogP contribution in [0.1, 0.15) is 22.3 Å². The van der Waals surface area contributed by atoms with E-state index in [1.807, 2.05) is 0 Å². The van der Waals surface area contributed by atoms with Crippen molar-refractivity contribution >= 4 is 28.3 Å². The molecule has 0 saturated heterocycles. The van der Waals surface area contributed by atoms with Gasteiger partial charge in [-0.15, -0.1) is 5.10 Å². The summed E-state index contributed by atoms with van der Waals surface area (Å²) in [6, 6.07) is 12.0. The number of nitrogens with zero attached hydrogens (tertiary/aromatic N) is 5. The second-order valence-electron chi connectivity index (χ2n) is 7.56. The first-order valence-electron chi connectivity index (χ1n) is 10.5. The van der Waals surface area contributed by atoms with Crippen LogP contribution in [-0.4, -0.2) is 39.0 Å². The molecule has 0 unspecified atom stereocenters. The maximum atomic E-state index is 13.6. The molecule has 4 aromatic rings. The fourth-order valence-corrected chi connectivity index (χ4v) is 3.71.